The Morgan fingerprint density at radius 3 is 2.69 bits per heavy atom. The molecular weight excluding hydrogens is 464 g/mol. The maximum atomic E-state index is 12.7. The molecule has 3 aromatic heterocycles. The molecule has 0 atom stereocenters. The minimum absolute atomic E-state index is 0.0344. The quantitative estimate of drug-likeness (QED) is 0.366. The number of nitrogens with one attached hydrogen (secondary N) is 2. The van der Waals surface area contributed by atoms with E-state index in [9.17, 15) is 9.59 Å². The number of hydrogen-bond acceptors (Lipinski definition) is 5. The van der Waals surface area contributed by atoms with Crippen molar-refractivity contribution >= 4 is 28.4 Å². The Balaban J connectivity index is 1.23. The van der Waals surface area contributed by atoms with E-state index >= 15 is 0 Å². The van der Waals surface area contributed by atoms with Crippen molar-refractivity contribution in [2.45, 2.75) is 19.5 Å². The Bertz CT molecular complexity index is 1560. The lowest BCUT2D eigenvalue weighted by Gasteiger charge is -2.08. The normalized spacial score (nSPS) is 11.0. The van der Waals surface area contributed by atoms with Crippen molar-refractivity contribution in [3.63, 3.8) is 0 Å². The average molecular weight is 485 g/mol. The van der Waals surface area contributed by atoms with E-state index in [-0.39, 0.29) is 23.8 Å². The highest BCUT2D eigenvalue weighted by molar-refractivity contribution is 6.31. The van der Waals surface area contributed by atoms with Crippen molar-refractivity contribution in [2.75, 3.05) is 0 Å². The predicted octanol–water partition coefficient (Wildman–Crippen LogP) is 3.74. The number of aromatic nitrogens is 5. The van der Waals surface area contributed by atoms with Crippen LogP contribution in [0.15, 0.2) is 83.9 Å². The van der Waals surface area contributed by atoms with Gasteiger partial charge in [0.25, 0.3) is 11.5 Å². The average Bonchev–Trinajstić information content (AvgIpc) is 3.27. The Labute approximate surface area is 205 Å². The minimum atomic E-state index is -0.375. The molecular formula is C26H21ClN6O2. The summed E-state index contributed by atoms with van der Waals surface area (Å²) in [6.45, 7) is 0.755. The van der Waals surface area contributed by atoms with Crippen molar-refractivity contribution in [1.82, 2.24) is 30.0 Å². The Hall–Kier alpha value is -4.30. The summed E-state index contributed by atoms with van der Waals surface area (Å²) >= 11 is 6.08. The third kappa shape index (κ3) is 5.28. The van der Waals surface area contributed by atoms with E-state index in [2.05, 4.69) is 25.5 Å². The zero-order chi connectivity index (χ0) is 24.2. The van der Waals surface area contributed by atoms with Gasteiger partial charge < -0.3 is 9.88 Å². The van der Waals surface area contributed by atoms with Crippen LogP contribution >= 0.6 is 11.6 Å². The minimum Gasteiger partial charge on any atom is -0.344 e. The van der Waals surface area contributed by atoms with Gasteiger partial charge in [-0.25, -0.2) is 9.97 Å². The monoisotopic (exact) mass is 484 g/mol. The molecule has 8 nitrogen and oxygen atoms in total. The molecule has 35 heavy (non-hydrogen) atoms. The van der Waals surface area contributed by atoms with Gasteiger partial charge >= 0.3 is 0 Å². The largest absolute Gasteiger partial charge is 0.344 e. The third-order valence-corrected chi connectivity index (χ3v) is 5.83. The fraction of sp³-hybridized carbons (Fsp3) is 0.115. The number of H-pyrrole nitrogens is 1. The van der Waals surface area contributed by atoms with Crippen LogP contribution in [0.3, 0.4) is 0 Å². The van der Waals surface area contributed by atoms with Gasteiger partial charge in [-0.15, -0.1) is 0 Å². The molecule has 0 saturated heterocycles. The van der Waals surface area contributed by atoms with Crippen molar-refractivity contribution in [2.24, 2.45) is 0 Å². The van der Waals surface area contributed by atoms with Crippen LogP contribution in [0.2, 0.25) is 5.02 Å². The first kappa shape index (κ1) is 22.5. The second-order valence-electron chi connectivity index (χ2n) is 8.08. The fourth-order valence-electron chi connectivity index (χ4n) is 3.78. The fourth-order valence-corrected chi connectivity index (χ4v) is 3.95. The van der Waals surface area contributed by atoms with E-state index in [0.29, 0.717) is 18.0 Å². The maximum Gasteiger partial charge on any atom is 0.289 e. The SMILES string of the molecule is O=C(NCc1[nH]nc2ccc(Cl)cc12)c1nccc(Cc2ccc(Cn3ccccc3=O)cc2)n1. The highest BCUT2D eigenvalue weighted by atomic mass is 35.5. The van der Waals surface area contributed by atoms with E-state index < -0.39 is 0 Å². The molecule has 2 aromatic carbocycles. The Morgan fingerprint density at radius 1 is 1.03 bits per heavy atom. The second-order valence-corrected chi connectivity index (χ2v) is 8.51. The summed E-state index contributed by atoms with van der Waals surface area (Å²) in [5.41, 5.74) is 4.30. The van der Waals surface area contributed by atoms with Crippen LogP contribution in [0.4, 0.5) is 0 Å². The molecule has 0 spiro atoms. The van der Waals surface area contributed by atoms with Crippen molar-refractivity contribution in [3.8, 4) is 0 Å². The van der Waals surface area contributed by atoms with Gasteiger partial charge in [0.15, 0.2) is 0 Å². The van der Waals surface area contributed by atoms with E-state index in [1.54, 1.807) is 41.2 Å². The molecule has 0 radical (unpaired) electrons. The number of amides is 1. The molecule has 0 bridgehead atoms. The van der Waals surface area contributed by atoms with E-state index in [0.717, 1.165) is 33.4 Å². The number of nitrogens with zero attached hydrogens (tertiary/aromatic N) is 4. The highest BCUT2D eigenvalue weighted by Gasteiger charge is 2.12. The molecule has 0 aliphatic heterocycles. The van der Waals surface area contributed by atoms with Crippen LogP contribution in [0.1, 0.15) is 33.1 Å². The van der Waals surface area contributed by atoms with Crippen LogP contribution < -0.4 is 10.9 Å². The van der Waals surface area contributed by atoms with Gasteiger partial charge in [0.05, 0.1) is 24.3 Å². The van der Waals surface area contributed by atoms with Crippen LogP contribution in [-0.4, -0.2) is 30.6 Å². The van der Waals surface area contributed by atoms with Crippen molar-refractivity contribution < 1.29 is 4.79 Å². The second kappa shape index (κ2) is 9.90. The molecule has 3 heterocycles. The van der Waals surface area contributed by atoms with Crippen LogP contribution in [0, 0.1) is 0 Å². The van der Waals surface area contributed by atoms with Crippen LogP contribution in [0.25, 0.3) is 10.9 Å². The smallest absolute Gasteiger partial charge is 0.289 e. The number of halogens is 1. The summed E-state index contributed by atoms with van der Waals surface area (Å²) in [5, 5.41) is 11.4. The number of carbonyl (C=O) groups is 1. The van der Waals surface area contributed by atoms with Crippen LogP contribution in [-0.2, 0) is 19.5 Å². The van der Waals surface area contributed by atoms with Gasteiger partial charge in [0.2, 0.25) is 5.82 Å². The topological polar surface area (TPSA) is 106 Å². The first-order valence-corrected chi connectivity index (χ1v) is 11.4. The van der Waals surface area contributed by atoms with Crippen molar-refractivity contribution in [1.29, 1.82) is 0 Å². The van der Waals surface area contributed by atoms with Gasteiger partial charge in [0, 0.05) is 41.0 Å². The number of hydrogen-bond donors (Lipinski definition) is 2. The molecule has 5 aromatic rings. The van der Waals surface area contributed by atoms with Gasteiger partial charge in [-0.1, -0.05) is 41.9 Å². The summed E-state index contributed by atoms with van der Waals surface area (Å²) in [6, 6.07) is 20.3. The molecule has 0 aliphatic carbocycles. The molecule has 1 amide bonds. The van der Waals surface area contributed by atoms with E-state index in [1.807, 2.05) is 42.5 Å². The molecule has 174 valence electrons. The van der Waals surface area contributed by atoms with Gasteiger partial charge in [-0.05, 0) is 41.5 Å². The number of pyridine rings is 1. The van der Waals surface area contributed by atoms with Crippen molar-refractivity contribution in [3.05, 3.63) is 123 Å². The number of carbonyl (C=O) groups excluding carboxylic acids is 1. The van der Waals surface area contributed by atoms with Gasteiger partial charge in [-0.3, -0.25) is 14.7 Å². The maximum absolute atomic E-state index is 12.7. The predicted molar refractivity (Wildman–Crippen MR) is 133 cm³/mol. The zero-order valence-corrected chi connectivity index (χ0v) is 19.4. The number of rotatable bonds is 7. The van der Waals surface area contributed by atoms with E-state index in [1.165, 1.54) is 0 Å². The molecule has 0 unspecified atom stereocenters. The third-order valence-electron chi connectivity index (χ3n) is 5.60. The number of fused-ring (bicyclic) bond motifs is 1. The zero-order valence-electron chi connectivity index (χ0n) is 18.6. The standard InChI is InChI=1S/C26H21ClN6O2/c27-19-8-9-22-21(14-19)23(32-31-22)15-29-26(35)25-28-11-10-20(30-25)13-17-4-6-18(7-5-17)16-33-12-2-1-3-24(33)34/h1-12,14H,13,15-16H2,(H,29,35)(H,31,32). The molecule has 0 saturated carbocycles. The summed E-state index contributed by atoms with van der Waals surface area (Å²) in [7, 11) is 0. The van der Waals surface area contributed by atoms with Gasteiger partial charge in [0.1, 0.15) is 0 Å². The summed E-state index contributed by atoms with van der Waals surface area (Å²) in [6.07, 6.45) is 3.91. The summed E-state index contributed by atoms with van der Waals surface area (Å²) in [4.78, 5) is 33.1. The number of aromatic amines is 1. The molecule has 5 rings (SSSR count). The highest BCUT2D eigenvalue weighted by Crippen LogP contribution is 2.20. The first-order valence-electron chi connectivity index (χ1n) is 11.0. The lowest BCUT2D eigenvalue weighted by atomic mass is 10.1. The Kier molecular flexibility index (Phi) is 6.36. The molecule has 0 aliphatic rings. The van der Waals surface area contributed by atoms with Gasteiger partial charge in [-0.2, -0.15) is 5.10 Å². The molecule has 0 fully saturated rings. The van der Waals surface area contributed by atoms with Crippen LogP contribution in [0.5, 0.6) is 0 Å². The number of benzene rings is 2. The van der Waals surface area contributed by atoms with E-state index in [4.69, 9.17) is 11.6 Å². The summed E-state index contributed by atoms with van der Waals surface area (Å²) in [5.74, 6) is -0.273. The lowest BCUT2D eigenvalue weighted by molar-refractivity contribution is 0.0940. The summed E-state index contributed by atoms with van der Waals surface area (Å²) < 4.78 is 1.66. The molecule has 2 N–H and O–H groups in total. The Morgan fingerprint density at radius 2 is 1.86 bits per heavy atom. The first-order chi connectivity index (χ1) is 17.0. The lowest BCUT2D eigenvalue weighted by Crippen LogP contribution is -2.25. The molecule has 9 heteroatoms.